The molecule has 3 N–H and O–H groups in total. The molecule has 0 aliphatic rings. The zero-order valence-corrected chi connectivity index (χ0v) is 13.0. The number of nitrogens with zero attached hydrogens (tertiary/aromatic N) is 2. The first-order chi connectivity index (χ1) is 10.2. The Hall–Kier alpha value is -2.06. The highest BCUT2D eigenvalue weighted by molar-refractivity contribution is 5.98. The van der Waals surface area contributed by atoms with Gasteiger partial charge in [-0.15, -0.1) is 12.4 Å². The molecule has 0 aliphatic carbocycles. The topological polar surface area (TPSA) is 72.9 Å². The average Bonchev–Trinajstić information content (AvgIpc) is 2.84. The molecule has 2 aromatic rings. The van der Waals surface area contributed by atoms with Gasteiger partial charge >= 0.3 is 6.18 Å². The van der Waals surface area contributed by atoms with Crippen molar-refractivity contribution in [2.45, 2.75) is 25.2 Å². The molecule has 0 aliphatic heterocycles. The lowest BCUT2D eigenvalue weighted by molar-refractivity contribution is -0.142. The number of halogens is 4. The summed E-state index contributed by atoms with van der Waals surface area (Å²) in [6.07, 6.45) is -2.13. The fourth-order valence-corrected chi connectivity index (χ4v) is 1.87. The van der Waals surface area contributed by atoms with Crippen molar-refractivity contribution in [1.82, 2.24) is 9.78 Å². The van der Waals surface area contributed by atoms with Gasteiger partial charge in [0, 0.05) is 6.20 Å². The number of benzene rings is 1. The predicted octanol–water partition coefficient (Wildman–Crippen LogP) is 2.68. The van der Waals surface area contributed by atoms with Crippen molar-refractivity contribution in [3.8, 4) is 0 Å². The lowest BCUT2D eigenvalue weighted by Crippen LogP contribution is -2.45. The number of nitrogens with two attached hydrogens (primary N) is 1. The summed E-state index contributed by atoms with van der Waals surface area (Å²) < 4.78 is 37.5. The molecule has 1 aromatic carbocycles. The van der Waals surface area contributed by atoms with Gasteiger partial charge in [-0.3, -0.25) is 9.48 Å². The van der Waals surface area contributed by atoms with Crippen LogP contribution in [0.3, 0.4) is 0 Å². The van der Waals surface area contributed by atoms with Crippen molar-refractivity contribution in [2.75, 3.05) is 5.32 Å². The van der Waals surface area contributed by atoms with Gasteiger partial charge < -0.3 is 11.1 Å². The third kappa shape index (κ3) is 4.97. The number of hydrogen-bond acceptors (Lipinski definition) is 3. The van der Waals surface area contributed by atoms with Crippen molar-refractivity contribution in [2.24, 2.45) is 5.73 Å². The molecule has 0 fully saturated rings. The van der Waals surface area contributed by atoms with E-state index in [4.69, 9.17) is 5.73 Å². The van der Waals surface area contributed by atoms with E-state index in [1.54, 1.807) is 30.3 Å². The van der Waals surface area contributed by atoms with Crippen LogP contribution in [-0.2, 0) is 16.9 Å². The first-order valence-corrected chi connectivity index (χ1v) is 6.43. The molecule has 23 heavy (non-hydrogen) atoms. The van der Waals surface area contributed by atoms with E-state index >= 15 is 0 Å². The van der Waals surface area contributed by atoms with Crippen molar-refractivity contribution in [3.05, 3.63) is 48.3 Å². The monoisotopic (exact) mass is 348 g/mol. The highest BCUT2D eigenvalue weighted by atomic mass is 35.5. The molecule has 0 bridgehead atoms. The van der Waals surface area contributed by atoms with Gasteiger partial charge in [-0.05, 0) is 12.5 Å². The summed E-state index contributed by atoms with van der Waals surface area (Å²) in [6, 6.07) is 8.68. The van der Waals surface area contributed by atoms with Gasteiger partial charge in [0.05, 0.1) is 11.9 Å². The summed E-state index contributed by atoms with van der Waals surface area (Å²) in [7, 11) is 0. The first kappa shape index (κ1) is 19.0. The molecule has 1 aromatic heterocycles. The number of rotatable bonds is 4. The van der Waals surface area contributed by atoms with Crippen molar-refractivity contribution in [3.63, 3.8) is 0 Å². The Labute approximate surface area is 137 Å². The van der Waals surface area contributed by atoms with E-state index in [1.165, 1.54) is 6.92 Å². The van der Waals surface area contributed by atoms with Crippen molar-refractivity contribution < 1.29 is 18.0 Å². The molecule has 9 heteroatoms. The molecule has 0 radical (unpaired) electrons. The van der Waals surface area contributed by atoms with Gasteiger partial charge in [-0.2, -0.15) is 18.3 Å². The maximum Gasteiger partial charge on any atom is 0.408 e. The van der Waals surface area contributed by atoms with Gasteiger partial charge in [0.2, 0.25) is 5.91 Å². The fraction of sp³-hybridized carbons (Fsp3) is 0.286. The smallest absolute Gasteiger partial charge is 0.322 e. The van der Waals surface area contributed by atoms with E-state index in [9.17, 15) is 18.0 Å². The van der Waals surface area contributed by atoms with Crippen LogP contribution in [0.25, 0.3) is 0 Å². The molecule has 1 heterocycles. The molecule has 1 amide bonds. The number of carbonyl (C=O) groups excluding carboxylic acids is 1. The predicted molar refractivity (Wildman–Crippen MR) is 82.1 cm³/mol. The highest BCUT2D eigenvalue weighted by Crippen LogP contribution is 2.21. The minimum Gasteiger partial charge on any atom is -0.322 e. The van der Waals surface area contributed by atoms with E-state index in [-0.39, 0.29) is 18.1 Å². The molecular formula is C14H16ClF3N4O. The van der Waals surface area contributed by atoms with E-state index in [2.05, 4.69) is 10.4 Å². The Bertz CT molecular complexity index is 656. The summed E-state index contributed by atoms with van der Waals surface area (Å²) in [5.41, 5.74) is 5.45. The third-order valence-electron chi connectivity index (χ3n) is 3.08. The zero-order chi connectivity index (χ0) is 16.4. The SMILES string of the molecule is CC(N)(C(=O)Nc1cnn(CC(F)(F)F)c1)c1ccccc1.Cl. The van der Waals surface area contributed by atoms with Crippen LogP contribution in [0.5, 0.6) is 0 Å². The number of aromatic nitrogens is 2. The summed E-state index contributed by atoms with van der Waals surface area (Å²) in [4.78, 5) is 12.2. The molecule has 1 unspecified atom stereocenters. The summed E-state index contributed by atoms with van der Waals surface area (Å²) >= 11 is 0. The van der Waals surface area contributed by atoms with Crippen molar-refractivity contribution in [1.29, 1.82) is 0 Å². The Kier molecular flexibility index (Phi) is 5.79. The van der Waals surface area contributed by atoms with Crippen LogP contribution >= 0.6 is 12.4 Å². The number of hydrogen-bond donors (Lipinski definition) is 2. The second-order valence-corrected chi connectivity index (χ2v) is 5.06. The number of alkyl halides is 3. The van der Waals surface area contributed by atoms with Crippen LogP contribution in [0.15, 0.2) is 42.7 Å². The zero-order valence-electron chi connectivity index (χ0n) is 12.2. The minimum atomic E-state index is -4.38. The number of amides is 1. The van der Waals surface area contributed by atoms with Crippen LogP contribution in [0.1, 0.15) is 12.5 Å². The first-order valence-electron chi connectivity index (χ1n) is 6.43. The van der Waals surface area contributed by atoms with E-state index < -0.39 is 24.2 Å². The lowest BCUT2D eigenvalue weighted by atomic mass is 9.92. The van der Waals surface area contributed by atoms with Gasteiger partial charge in [0.25, 0.3) is 0 Å². The molecule has 0 saturated carbocycles. The van der Waals surface area contributed by atoms with Crippen LogP contribution < -0.4 is 11.1 Å². The van der Waals surface area contributed by atoms with Crippen LogP contribution in [0.2, 0.25) is 0 Å². The molecule has 0 spiro atoms. The molecule has 126 valence electrons. The number of anilines is 1. The summed E-state index contributed by atoms with van der Waals surface area (Å²) in [5.74, 6) is -0.537. The minimum absolute atomic E-state index is 0. The second kappa shape index (κ2) is 7.01. The molecule has 5 nitrogen and oxygen atoms in total. The Morgan fingerprint density at radius 3 is 2.48 bits per heavy atom. The number of carbonyl (C=O) groups is 1. The Balaban J connectivity index is 0.00000264. The second-order valence-electron chi connectivity index (χ2n) is 5.06. The summed E-state index contributed by atoms with van der Waals surface area (Å²) in [5, 5.41) is 6.02. The normalized spacial score (nSPS) is 13.8. The van der Waals surface area contributed by atoms with Crippen LogP contribution in [0, 0.1) is 0 Å². The van der Waals surface area contributed by atoms with E-state index in [0.29, 0.717) is 10.2 Å². The van der Waals surface area contributed by atoms with Gasteiger partial charge in [-0.1, -0.05) is 30.3 Å². The van der Waals surface area contributed by atoms with Crippen LogP contribution in [0.4, 0.5) is 18.9 Å². The van der Waals surface area contributed by atoms with Gasteiger partial charge in [0.1, 0.15) is 12.1 Å². The molecule has 1 atom stereocenters. The maximum absolute atomic E-state index is 12.3. The largest absolute Gasteiger partial charge is 0.408 e. The summed E-state index contributed by atoms with van der Waals surface area (Å²) in [6.45, 7) is 0.305. The van der Waals surface area contributed by atoms with E-state index in [0.717, 1.165) is 12.4 Å². The quantitative estimate of drug-likeness (QED) is 0.892. The Morgan fingerprint density at radius 2 is 1.91 bits per heavy atom. The van der Waals surface area contributed by atoms with Crippen LogP contribution in [-0.4, -0.2) is 21.9 Å². The fourth-order valence-electron chi connectivity index (χ4n) is 1.87. The standard InChI is InChI=1S/C14H15F3N4O.ClH/c1-13(18,10-5-3-2-4-6-10)12(22)20-11-7-19-21(8-11)9-14(15,16)17;/h2-8H,9,18H2,1H3,(H,20,22);1H. The molecule has 0 saturated heterocycles. The maximum atomic E-state index is 12.3. The lowest BCUT2D eigenvalue weighted by Gasteiger charge is -2.23. The van der Waals surface area contributed by atoms with Crippen molar-refractivity contribution >= 4 is 24.0 Å². The highest BCUT2D eigenvalue weighted by Gasteiger charge is 2.31. The molecule has 2 rings (SSSR count). The van der Waals surface area contributed by atoms with Gasteiger partial charge in [-0.25, -0.2) is 0 Å². The third-order valence-corrected chi connectivity index (χ3v) is 3.08. The molecular weight excluding hydrogens is 333 g/mol. The van der Waals surface area contributed by atoms with Gasteiger partial charge in [0.15, 0.2) is 0 Å². The number of nitrogens with one attached hydrogen (secondary N) is 1. The Morgan fingerprint density at radius 1 is 1.30 bits per heavy atom. The van der Waals surface area contributed by atoms with E-state index in [1.807, 2.05) is 0 Å². The average molecular weight is 349 g/mol.